The molecule has 4 heteroatoms. The zero-order valence-corrected chi connectivity index (χ0v) is 9.33. The molecule has 0 saturated carbocycles. The molecule has 0 spiro atoms. The zero-order valence-electron chi connectivity index (χ0n) is 6.87. The molecule has 1 aromatic rings. The molecule has 0 aliphatic carbocycles. The second-order valence-corrected chi connectivity index (χ2v) is 5.18. The van der Waals surface area contributed by atoms with Gasteiger partial charge in [0, 0.05) is 0 Å². The third kappa shape index (κ3) is 2.47. The Morgan fingerprint density at radius 2 is 2.08 bits per heavy atom. The first kappa shape index (κ1) is 9.07. The quantitative estimate of drug-likeness (QED) is 0.711. The molecule has 0 atom stereocenters. The number of rotatable bonds is 1. The van der Waals surface area contributed by atoms with Crippen molar-refractivity contribution in [3.8, 4) is 0 Å². The van der Waals surface area contributed by atoms with Crippen molar-refractivity contribution in [1.29, 1.82) is 0 Å². The fourth-order valence-corrected chi connectivity index (χ4v) is 2.53. The average Bonchev–Trinajstić information content (AvgIpc) is 2.62. The van der Waals surface area contributed by atoms with E-state index in [2.05, 4.69) is 4.99 Å². The van der Waals surface area contributed by atoms with Crippen molar-refractivity contribution in [1.82, 2.24) is 0 Å². The summed E-state index contributed by atoms with van der Waals surface area (Å²) in [6.07, 6.45) is 0. The van der Waals surface area contributed by atoms with Crippen LogP contribution in [0.15, 0.2) is 29.3 Å². The first-order valence-corrected chi connectivity index (χ1v) is 6.39. The summed E-state index contributed by atoms with van der Waals surface area (Å²) in [5.74, 6) is 0. The molecule has 68 valence electrons. The van der Waals surface area contributed by atoms with E-state index in [9.17, 15) is 0 Å². The molecule has 1 heterocycles. The van der Waals surface area contributed by atoms with Crippen molar-refractivity contribution < 1.29 is 4.74 Å². The summed E-state index contributed by atoms with van der Waals surface area (Å²) >= 11 is 6.18. The van der Waals surface area contributed by atoms with Crippen LogP contribution >= 0.6 is 11.6 Å². The van der Waals surface area contributed by atoms with Crippen LogP contribution in [0.1, 0.15) is 0 Å². The number of benzene rings is 1. The van der Waals surface area contributed by atoms with Gasteiger partial charge in [0.15, 0.2) is 0 Å². The molecule has 0 amide bonds. The first-order chi connectivity index (χ1) is 6.34. The molecule has 0 bridgehead atoms. The van der Waals surface area contributed by atoms with E-state index in [-0.39, 0.29) is 0 Å². The first-order valence-electron chi connectivity index (χ1n) is 3.94. The summed E-state index contributed by atoms with van der Waals surface area (Å²) in [5, 5.41) is 1.88. The van der Waals surface area contributed by atoms with Crippen LogP contribution in [0.2, 0.25) is 10.3 Å². The van der Waals surface area contributed by atoms with Crippen LogP contribution in [0, 0.1) is 0 Å². The number of hydrogen-bond donors (Lipinski definition) is 0. The predicted octanol–water partition coefficient (Wildman–Crippen LogP) is 2.48. The van der Waals surface area contributed by atoms with Crippen molar-refractivity contribution in [3.05, 3.63) is 29.3 Å². The molecule has 1 fully saturated rings. The summed E-state index contributed by atoms with van der Waals surface area (Å²) in [7, 11) is 0. The Labute approximate surface area is 88.1 Å². The van der Waals surface area contributed by atoms with E-state index in [0.717, 1.165) is 27.4 Å². The van der Waals surface area contributed by atoms with Gasteiger partial charge in [-0.25, -0.2) is 0 Å². The maximum absolute atomic E-state index is 5.75. The third-order valence-electron chi connectivity index (χ3n) is 1.58. The molecule has 2 nitrogen and oxygen atoms in total. The fourth-order valence-electron chi connectivity index (χ4n) is 0.985. The number of nitrogens with zero attached hydrogens (tertiary/aromatic N) is 1. The maximum atomic E-state index is 5.75. The number of ether oxygens (including phenoxy) is 1. The fraction of sp³-hybridized carbons (Fsp3) is 0.222. The molecular formula is C9H8ClNOSe. The van der Waals surface area contributed by atoms with Crippen LogP contribution < -0.4 is 0 Å². The van der Waals surface area contributed by atoms with E-state index >= 15 is 0 Å². The third-order valence-corrected chi connectivity index (χ3v) is 3.57. The van der Waals surface area contributed by atoms with E-state index in [0.29, 0.717) is 15.0 Å². The van der Waals surface area contributed by atoms with Gasteiger partial charge >= 0.3 is 88.0 Å². The normalized spacial score (nSPS) is 19.0. The molecule has 2 rings (SSSR count). The van der Waals surface area contributed by atoms with Gasteiger partial charge in [-0.1, -0.05) is 0 Å². The molecule has 0 unspecified atom stereocenters. The van der Waals surface area contributed by atoms with Crippen LogP contribution in [0.3, 0.4) is 0 Å². The van der Waals surface area contributed by atoms with Crippen LogP contribution in [0.25, 0.3) is 0 Å². The molecule has 1 aromatic carbocycles. The van der Waals surface area contributed by atoms with Gasteiger partial charge < -0.3 is 0 Å². The van der Waals surface area contributed by atoms with Crippen molar-refractivity contribution in [2.24, 2.45) is 4.99 Å². The number of hydrogen-bond acceptors (Lipinski definition) is 2. The van der Waals surface area contributed by atoms with Gasteiger partial charge in [-0.05, 0) is 0 Å². The monoisotopic (exact) mass is 261 g/mol. The molecule has 0 radical (unpaired) electrons. The second-order valence-electron chi connectivity index (χ2n) is 2.55. The van der Waals surface area contributed by atoms with Gasteiger partial charge in [0.2, 0.25) is 0 Å². The van der Waals surface area contributed by atoms with Crippen LogP contribution in [-0.4, -0.2) is 26.4 Å². The average molecular weight is 261 g/mol. The minimum atomic E-state index is 0.430. The van der Waals surface area contributed by atoms with E-state index in [1.54, 1.807) is 0 Å². The molecule has 0 N–H and O–H groups in total. The van der Waals surface area contributed by atoms with Crippen molar-refractivity contribution in [3.63, 3.8) is 0 Å². The Balaban J connectivity index is 2.17. The summed E-state index contributed by atoms with van der Waals surface area (Å²) in [6, 6.07) is 7.46. The molecule has 1 aliphatic rings. The van der Waals surface area contributed by atoms with Crippen molar-refractivity contribution in [2.75, 3.05) is 6.61 Å². The van der Waals surface area contributed by atoms with Crippen LogP contribution in [-0.2, 0) is 4.74 Å². The van der Waals surface area contributed by atoms with Crippen molar-refractivity contribution in [2.45, 2.75) is 5.32 Å². The van der Waals surface area contributed by atoms with Gasteiger partial charge in [-0.2, -0.15) is 0 Å². The van der Waals surface area contributed by atoms with E-state index in [1.165, 1.54) is 0 Å². The summed E-state index contributed by atoms with van der Waals surface area (Å²) in [5.41, 5.74) is 0.920. The Morgan fingerprint density at radius 1 is 1.31 bits per heavy atom. The minimum absolute atomic E-state index is 0.430. The Bertz CT molecular complexity index is 315. The van der Waals surface area contributed by atoms with Crippen LogP contribution in [0.4, 0.5) is 5.69 Å². The summed E-state index contributed by atoms with van der Waals surface area (Å²) in [4.78, 5) is 5.26. The Hall–Kier alpha value is -0.501. The van der Waals surface area contributed by atoms with Crippen LogP contribution in [0.5, 0.6) is 0 Å². The Kier molecular flexibility index (Phi) is 2.89. The topological polar surface area (TPSA) is 21.6 Å². The number of aliphatic imine (C=N–C) groups is 1. The van der Waals surface area contributed by atoms with Gasteiger partial charge in [-0.3, -0.25) is 0 Å². The van der Waals surface area contributed by atoms with Crippen molar-refractivity contribution >= 4 is 37.0 Å². The van der Waals surface area contributed by atoms with E-state index in [4.69, 9.17) is 16.3 Å². The molecular weight excluding hydrogens is 253 g/mol. The summed E-state index contributed by atoms with van der Waals surface area (Å²) in [6.45, 7) is 0.826. The SMILES string of the molecule is Clc1ccc(N=C2OCC[Se]2)cc1. The second kappa shape index (κ2) is 4.14. The molecule has 13 heavy (non-hydrogen) atoms. The van der Waals surface area contributed by atoms with Gasteiger partial charge in [-0.15, -0.1) is 0 Å². The van der Waals surface area contributed by atoms with Gasteiger partial charge in [0.1, 0.15) is 0 Å². The van der Waals surface area contributed by atoms with E-state index < -0.39 is 0 Å². The standard InChI is InChI=1S/C9H8ClNOSe/c10-7-1-3-8(4-2-7)11-9-12-5-6-13-9/h1-4H,5-6H2. The molecule has 1 saturated heterocycles. The van der Waals surface area contributed by atoms with E-state index in [1.807, 2.05) is 24.3 Å². The van der Waals surface area contributed by atoms with Gasteiger partial charge in [0.25, 0.3) is 0 Å². The Morgan fingerprint density at radius 3 is 2.69 bits per heavy atom. The number of halogens is 1. The van der Waals surface area contributed by atoms with Gasteiger partial charge in [0.05, 0.1) is 0 Å². The molecule has 0 aromatic heterocycles. The molecule has 1 aliphatic heterocycles. The predicted molar refractivity (Wildman–Crippen MR) is 55.1 cm³/mol. The summed E-state index contributed by atoms with van der Waals surface area (Å²) < 4.78 is 5.33. The zero-order chi connectivity index (χ0) is 9.10.